The molecule has 2 heteroatoms. The van der Waals surface area contributed by atoms with Gasteiger partial charge < -0.3 is 4.90 Å². The normalized spacial score (nSPS) is 19.4. The Hall–Kier alpha value is -1.57. The highest BCUT2D eigenvalue weighted by Gasteiger charge is 2.23. The maximum Gasteiger partial charge on any atom is 0.258 e. The van der Waals surface area contributed by atoms with Gasteiger partial charge in [0.25, 0.3) is 5.91 Å². The summed E-state index contributed by atoms with van der Waals surface area (Å²) in [4.78, 5) is 14.3. The average Bonchev–Trinajstić information content (AvgIpc) is 2.40. The minimum atomic E-state index is 0.125. The smallest absolute Gasteiger partial charge is 0.258 e. The lowest BCUT2D eigenvalue weighted by molar-refractivity contribution is 0.0745. The first kappa shape index (κ1) is 11.9. The summed E-state index contributed by atoms with van der Waals surface area (Å²) in [7, 11) is 0. The van der Waals surface area contributed by atoms with Crippen molar-refractivity contribution >= 4 is 5.91 Å². The van der Waals surface area contributed by atoms with Crippen molar-refractivity contribution in [1.82, 2.24) is 4.90 Å². The van der Waals surface area contributed by atoms with E-state index in [2.05, 4.69) is 13.0 Å². The molecule has 1 aliphatic heterocycles. The van der Waals surface area contributed by atoms with Crippen molar-refractivity contribution in [3.05, 3.63) is 48.2 Å². The van der Waals surface area contributed by atoms with E-state index in [-0.39, 0.29) is 5.91 Å². The fourth-order valence-electron chi connectivity index (χ4n) is 2.32. The van der Waals surface area contributed by atoms with Crippen LogP contribution in [0.25, 0.3) is 0 Å². The second kappa shape index (κ2) is 5.67. The lowest BCUT2D eigenvalue weighted by Crippen LogP contribution is -2.37. The summed E-state index contributed by atoms with van der Waals surface area (Å²) in [5, 5.41) is 0. The summed E-state index contributed by atoms with van der Waals surface area (Å²) in [6, 6.07) is 9.90. The van der Waals surface area contributed by atoms with E-state index in [1.165, 1.54) is 0 Å². The molecule has 1 atom stereocenters. The molecule has 1 aliphatic rings. The number of carbonyl (C=O) groups excluding carboxylic acids is 1. The van der Waals surface area contributed by atoms with Crippen LogP contribution in [0.5, 0.6) is 0 Å². The molecule has 0 aliphatic carbocycles. The summed E-state index contributed by atoms with van der Waals surface area (Å²) in [5.74, 6) is 0.125. The summed E-state index contributed by atoms with van der Waals surface area (Å²) in [6.07, 6.45) is 8.43. The zero-order valence-electron chi connectivity index (χ0n) is 10.3. The molecular formula is C15H19NO. The first-order chi connectivity index (χ1) is 8.33. The van der Waals surface area contributed by atoms with Crippen LogP contribution in [0.15, 0.2) is 42.6 Å². The van der Waals surface area contributed by atoms with E-state index in [0.29, 0.717) is 6.04 Å². The number of amides is 1. The molecule has 1 amide bonds. The molecule has 0 bridgehead atoms. The Morgan fingerprint density at radius 2 is 2.12 bits per heavy atom. The third kappa shape index (κ3) is 2.76. The van der Waals surface area contributed by atoms with Crippen LogP contribution in [0, 0.1) is 0 Å². The van der Waals surface area contributed by atoms with Gasteiger partial charge in [-0.15, -0.1) is 0 Å². The summed E-state index contributed by atoms with van der Waals surface area (Å²) >= 11 is 0. The van der Waals surface area contributed by atoms with E-state index in [4.69, 9.17) is 0 Å². The molecule has 0 N–H and O–H groups in total. The molecule has 0 fully saturated rings. The standard InChI is InChI=1S/C15H19NO/c1-2-8-14-11-6-7-12-16(14)15(17)13-9-4-3-5-10-13/h3-5,7,9-10,12,14H,2,6,8,11H2,1H3/t14-/m0/s1. The quantitative estimate of drug-likeness (QED) is 0.775. The Morgan fingerprint density at radius 1 is 1.35 bits per heavy atom. The molecule has 2 rings (SSSR count). The van der Waals surface area contributed by atoms with Crippen molar-refractivity contribution in [2.24, 2.45) is 0 Å². The van der Waals surface area contributed by atoms with E-state index in [9.17, 15) is 4.79 Å². The van der Waals surface area contributed by atoms with Crippen LogP contribution in [-0.2, 0) is 0 Å². The van der Waals surface area contributed by atoms with Gasteiger partial charge in [0.05, 0.1) is 0 Å². The largest absolute Gasteiger partial charge is 0.312 e. The number of rotatable bonds is 3. The minimum Gasteiger partial charge on any atom is -0.312 e. The average molecular weight is 229 g/mol. The molecule has 0 saturated heterocycles. The molecule has 1 heterocycles. The maximum atomic E-state index is 12.4. The van der Waals surface area contributed by atoms with Crippen LogP contribution in [0.4, 0.5) is 0 Å². The molecule has 90 valence electrons. The van der Waals surface area contributed by atoms with Crippen molar-refractivity contribution in [2.45, 2.75) is 38.6 Å². The van der Waals surface area contributed by atoms with Crippen LogP contribution in [0.2, 0.25) is 0 Å². The van der Waals surface area contributed by atoms with E-state index >= 15 is 0 Å². The first-order valence-corrected chi connectivity index (χ1v) is 6.37. The van der Waals surface area contributed by atoms with Crippen molar-refractivity contribution in [2.75, 3.05) is 0 Å². The molecule has 0 spiro atoms. The van der Waals surface area contributed by atoms with Gasteiger partial charge in [-0.3, -0.25) is 4.79 Å². The fraction of sp³-hybridized carbons (Fsp3) is 0.400. The van der Waals surface area contributed by atoms with E-state index in [1.807, 2.05) is 41.4 Å². The Balaban J connectivity index is 2.17. The molecule has 0 radical (unpaired) electrons. The third-order valence-electron chi connectivity index (χ3n) is 3.20. The highest BCUT2D eigenvalue weighted by molar-refractivity contribution is 5.95. The number of carbonyl (C=O) groups is 1. The number of nitrogens with zero attached hydrogens (tertiary/aromatic N) is 1. The SMILES string of the molecule is CCC[C@H]1CCC=CN1C(=O)c1ccccc1. The predicted molar refractivity (Wildman–Crippen MR) is 69.7 cm³/mol. The summed E-state index contributed by atoms with van der Waals surface area (Å²) in [6.45, 7) is 2.17. The van der Waals surface area contributed by atoms with Gasteiger partial charge in [0.2, 0.25) is 0 Å². The number of allylic oxidation sites excluding steroid dienone is 1. The van der Waals surface area contributed by atoms with Crippen molar-refractivity contribution < 1.29 is 4.79 Å². The lowest BCUT2D eigenvalue weighted by Gasteiger charge is -2.31. The molecule has 1 aromatic carbocycles. The van der Waals surface area contributed by atoms with Gasteiger partial charge in [-0.2, -0.15) is 0 Å². The second-order valence-electron chi connectivity index (χ2n) is 4.48. The molecule has 0 aromatic heterocycles. The van der Waals surface area contributed by atoms with Gasteiger partial charge in [-0.05, 0) is 31.4 Å². The lowest BCUT2D eigenvalue weighted by atomic mass is 10.0. The van der Waals surface area contributed by atoms with E-state index in [1.54, 1.807) is 0 Å². The van der Waals surface area contributed by atoms with Gasteiger partial charge >= 0.3 is 0 Å². The number of benzene rings is 1. The van der Waals surface area contributed by atoms with Gasteiger partial charge in [-0.1, -0.05) is 37.6 Å². The van der Waals surface area contributed by atoms with Crippen LogP contribution in [-0.4, -0.2) is 16.8 Å². The van der Waals surface area contributed by atoms with E-state index in [0.717, 1.165) is 31.2 Å². The van der Waals surface area contributed by atoms with Crippen molar-refractivity contribution in [1.29, 1.82) is 0 Å². The topological polar surface area (TPSA) is 20.3 Å². The number of hydrogen-bond acceptors (Lipinski definition) is 1. The fourth-order valence-corrected chi connectivity index (χ4v) is 2.32. The zero-order valence-corrected chi connectivity index (χ0v) is 10.3. The number of hydrogen-bond donors (Lipinski definition) is 0. The Morgan fingerprint density at radius 3 is 2.82 bits per heavy atom. The van der Waals surface area contributed by atoms with Crippen LogP contribution < -0.4 is 0 Å². The van der Waals surface area contributed by atoms with Gasteiger partial charge in [-0.25, -0.2) is 0 Å². The van der Waals surface area contributed by atoms with Crippen LogP contribution in [0.1, 0.15) is 43.0 Å². The molecular weight excluding hydrogens is 210 g/mol. The summed E-state index contributed by atoms with van der Waals surface area (Å²) in [5.41, 5.74) is 0.778. The minimum absolute atomic E-state index is 0.125. The van der Waals surface area contributed by atoms with Crippen molar-refractivity contribution in [3.8, 4) is 0 Å². The Bertz CT molecular complexity index is 397. The summed E-state index contributed by atoms with van der Waals surface area (Å²) < 4.78 is 0. The predicted octanol–water partition coefficient (Wildman–Crippen LogP) is 3.61. The monoisotopic (exact) mass is 229 g/mol. The van der Waals surface area contributed by atoms with Gasteiger partial charge in [0.15, 0.2) is 0 Å². The second-order valence-corrected chi connectivity index (χ2v) is 4.48. The molecule has 0 saturated carbocycles. The van der Waals surface area contributed by atoms with Crippen LogP contribution >= 0.6 is 0 Å². The Kier molecular flexibility index (Phi) is 3.97. The molecule has 0 unspecified atom stereocenters. The molecule has 1 aromatic rings. The highest BCUT2D eigenvalue weighted by atomic mass is 16.2. The van der Waals surface area contributed by atoms with Crippen molar-refractivity contribution in [3.63, 3.8) is 0 Å². The van der Waals surface area contributed by atoms with E-state index < -0.39 is 0 Å². The first-order valence-electron chi connectivity index (χ1n) is 6.37. The highest BCUT2D eigenvalue weighted by Crippen LogP contribution is 2.21. The van der Waals surface area contributed by atoms with Crippen LogP contribution in [0.3, 0.4) is 0 Å². The zero-order chi connectivity index (χ0) is 12.1. The third-order valence-corrected chi connectivity index (χ3v) is 3.20. The Labute approximate surface area is 103 Å². The van der Waals surface area contributed by atoms with Gasteiger partial charge in [0.1, 0.15) is 0 Å². The maximum absolute atomic E-state index is 12.4. The molecule has 2 nitrogen and oxygen atoms in total. The van der Waals surface area contributed by atoms with Gasteiger partial charge in [0, 0.05) is 17.8 Å². The molecule has 17 heavy (non-hydrogen) atoms.